The van der Waals surface area contributed by atoms with Gasteiger partial charge in [-0.15, -0.1) is 0 Å². The zero-order valence-electron chi connectivity index (χ0n) is 12.0. The van der Waals surface area contributed by atoms with Crippen LogP contribution in [0.1, 0.15) is 41.5 Å². The number of allylic oxidation sites excluding steroid dienone is 4. The molecule has 1 heterocycles. The van der Waals surface area contributed by atoms with Crippen LogP contribution >= 0.6 is 0 Å². The van der Waals surface area contributed by atoms with Crippen LogP contribution in [0.5, 0.6) is 0 Å². The lowest BCUT2D eigenvalue weighted by molar-refractivity contribution is 0.0189. The van der Waals surface area contributed by atoms with Gasteiger partial charge < -0.3 is 9.47 Å². The summed E-state index contributed by atoms with van der Waals surface area (Å²) in [5.74, 6) is 2.17. The molecule has 0 saturated carbocycles. The highest BCUT2D eigenvalue weighted by molar-refractivity contribution is 5.30. The lowest BCUT2D eigenvalue weighted by Gasteiger charge is -2.23. The van der Waals surface area contributed by atoms with E-state index in [1.54, 1.807) is 0 Å². The zero-order valence-corrected chi connectivity index (χ0v) is 12.0. The lowest BCUT2D eigenvalue weighted by Crippen LogP contribution is -2.21. The molecule has 2 rings (SSSR count). The molecule has 2 heteroatoms. The molecule has 0 saturated heterocycles. The van der Waals surface area contributed by atoms with E-state index in [9.17, 15) is 0 Å². The van der Waals surface area contributed by atoms with Crippen molar-refractivity contribution >= 4 is 0 Å². The van der Waals surface area contributed by atoms with Crippen molar-refractivity contribution in [1.29, 1.82) is 0 Å². The molecule has 0 fully saturated rings. The van der Waals surface area contributed by atoms with Crippen LogP contribution in [0.3, 0.4) is 0 Å². The second-order valence-electron chi connectivity index (χ2n) is 3.55. The van der Waals surface area contributed by atoms with Gasteiger partial charge in [-0.25, -0.2) is 0 Å². The molecule has 2 atom stereocenters. The molecule has 0 spiro atoms. The molecule has 1 aliphatic heterocycles. The summed E-state index contributed by atoms with van der Waals surface area (Å²) in [6.45, 7) is 12.8. The largest absolute Gasteiger partial charge is 0.486 e. The summed E-state index contributed by atoms with van der Waals surface area (Å²) in [4.78, 5) is 0. The monoisotopic (exact) mass is 238 g/mol. The molecule has 2 aliphatic rings. The first-order valence-corrected chi connectivity index (χ1v) is 6.66. The Morgan fingerprint density at radius 1 is 0.941 bits per heavy atom. The van der Waals surface area contributed by atoms with E-state index in [2.05, 4.69) is 19.1 Å². The van der Waals surface area contributed by atoms with Gasteiger partial charge in [0.25, 0.3) is 0 Å². The number of hydrogen-bond acceptors (Lipinski definition) is 2. The van der Waals surface area contributed by atoms with Crippen molar-refractivity contribution in [2.24, 2.45) is 5.92 Å². The maximum absolute atomic E-state index is 5.64. The summed E-state index contributed by atoms with van der Waals surface area (Å²) in [7, 11) is 0. The van der Waals surface area contributed by atoms with Crippen molar-refractivity contribution in [3.63, 3.8) is 0 Å². The predicted octanol–water partition coefficient (Wildman–Crippen LogP) is 4.45. The first-order valence-electron chi connectivity index (χ1n) is 6.66. The molecule has 0 N–H and O–H groups in total. The summed E-state index contributed by atoms with van der Waals surface area (Å²) in [6.07, 6.45) is 8.37. The molecule has 0 radical (unpaired) electrons. The van der Waals surface area contributed by atoms with Crippen molar-refractivity contribution in [1.82, 2.24) is 0 Å². The minimum atomic E-state index is 0.158. The fourth-order valence-corrected chi connectivity index (χ4v) is 1.38. The van der Waals surface area contributed by atoms with Crippen LogP contribution in [0.2, 0.25) is 0 Å². The molecule has 0 aromatic rings. The van der Waals surface area contributed by atoms with E-state index < -0.39 is 0 Å². The van der Waals surface area contributed by atoms with Gasteiger partial charge in [0, 0.05) is 0 Å². The topological polar surface area (TPSA) is 18.5 Å². The van der Waals surface area contributed by atoms with Gasteiger partial charge in [0.1, 0.15) is 12.7 Å². The van der Waals surface area contributed by atoms with E-state index in [0.717, 1.165) is 11.5 Å². The molecule has 98 valence electrons. The van der Waals surface area contributed by atoms with E-state index in [0.29, 0.717) is 12.5 Å². The van der Waals surface area contributed by atoms with E-state index in [-0.39, 0.29) is 6.10 Å². The lowest BCUT2D eigenvalue weighted by atomic mass is 10.2. The first-order chi connectivity index (χ1) is 8.25. The summed E-state index contributed by atoms with van der Waals surface area (Å²) in [5, 5.41) is 0. The number of rotatable bonds is 0. The summed E-state index contributed by atoms with van der Waals surface area (Å²) in [6, 6.07) is 0. The van der Waals surface area contributed by atoms with Gasteiger partial charge in [-0.3, -0.25) is 0 Å². The van der Waals surface area contributed by atoms with Gasteiger partial charge in [-0.05, 0) is 25.0 Å². The van der Waals surface area contributed by atoms with Gasteiger partial charge >= 0.3 is 0 Å². The minimum absolute atomic E-state index is 0.158. The van der Waals surface area contributed by atoms with E-state index >= 15 is 0 Å². The van der Waals surface area contributed by atoms with Crippen molar-refractivity contribution in [3.8, 4) is 0 Å². The van der Waals surface area contributed by atoms with Crippen LogP contribution in [0.25, 0.3) is 0 Å². The van der Waals surface area contributed by atoms with E-state index in [1.807, 2.05) is 46.8 Å². The highest BCUT2D eigenvalue weighted by Gasteiger charge is 2.18. The maximum Gasteiger partial charge on any atom is 0.161 e. The van der Waals surface area contributed by atoms with Crippen molar-refractivity contribution in [2.45, 2.75) is 47.6 Å². The van der Waals surface area contributed by atoms with Crippen LogP contribution in [0, 0.1) is 5.92 Å². The Bertz CT molecular complexity index is 287. The van der Waals surface area contributed by atoms with Crippen LogP contribution in [0.4, 0.5) is 0 Å². The molecule has 0 bridgehead atoms. The second-order valence-corrected chi connectivity index (χ2v) is 3.55. The van der Waals surface area contributed by atoms with Crippen LogP contribution < -0.4 is 0 Å². The standard InChI is InChI=1S/C11H14O2.2C2H6/c1-8-3-5-10-11(6-4-8)13-9(2)7-12-10;2*1-2/h3-6,8-9H,7H2,1-2H3;2*1-2H3. The fourth-order valence-electron chi connectivity index (χ4n) is 1.38. The zero-order chi connectivity index (χ0) is 13.3. The second kappa shape index (κ2) is 8.91. The predicted molar refractivity (Wildman–Crippen MR) is 73.7 cm³/mol. The van der Waals surface area contributed by atoms with E-state index in [4.69, 9.17) is 9.47 Å². The fraction of sp³-hybridized carbons (Fsp3) is 0.600. The molecule has 0 amide bonds. The van der Waals surface area contributed by atoms with E-state index in [1.165, 1.54) is 0 Å². The van der Waals surface area contributed by atoms with Crippen LogP contribution in [0.15, 0.2) is 35.8 Å². The Balaban J connectivity index is 0.000000581. The van der Waals surface area contributed by atoms with Gasteiger partial charge in [0.15, 0.2) is 11.5 Å². The van der Waals surface area contributed by atoms with Crippen molar-refractivity contribution in [2.75, 3.05) is 6.61 Å². The van der Waals surface area contributed by atoms with Gasteiger partial charge in [0.05, 0.1) is 0 Å². The minimum Gasteiger partial charge on any atom is -0.486 e. The molecule has 2 nitrogen and oxygen atoms in total. The normalized spacial score (nSPS) is 25.1. The van der Waals surface area contributed by atoms with Crippen molar-refractivity contribution < 1.29 is 9.47 Å². The Kier molecular flexibility index (Phi) is 8.29. The maximum atomic E-state index is 5.64. The third-order valence-corrected chi connectivity index (χ3v) is 2.15. The third kappa shape index (κ3) is 5.12. The Hall–Kier alpha value is -1.18. The highest BCUT2D eigenvalue weighted by Crippen LogP contribution is 2.23. The molecule has 2 unspecified atom stereocenters. The Labute approximate surface area is 106 Å². The summed E-state index contributed by atoms with van der Waals surface area (Å²) < 4.78 is 11.2. The Morgan fingerprint density at radius 3 is 2.06 bits per heavy atom. The van der Waals surface area contributed by atoms with Gasteiger partial charge in [-0.1, -0.05) is 46.8 Å². The highest BCUT2D eigenvalue weighted by atomic mass is 16.6. The van der Waals surface area contributed by atoms with Gasteiger partial charge in [0.2, 0.25) is 0 Å². The molecular weight excluding hydrogens is 212 g/mol. The quantitative estimate of drug-likeness (QED) is 0.621. The third-order valence-electron chi connectivity index (χ3n) is 2.15. The van der Waals surface area contributed by atoms with Gasteiger partial charge in [-0.2, -0.15) is 0 Å². The average molecular weight is 238 g/mol. The molecule has 0 aromatic heterocycles. The number of hydrogen-bond donors (Lipinski definition) is 0. The van der Waals surface area contributed by atoms with Crippen LogP contribution in [-0.2, 0) is 9.47 Å². The average Bonchev–Trinajstić information content (AvgIpc) is 2.57. The SMILES string of the molecule is CC.CC.CC1C=CC2=C(C=C1)OC(C)CO2. The first kappa shape index (κ1) is 15.8. The Morgan fingerprint density at radius 2 is 1.47 bits per heavy atom. The smallest absolute Gasteiger partial charge is 0.161 e. The molecular formula is C15H26O2. The molecule has 17 heavy (non-hydrogen) atoms. The number of ether oxygens (including phenoxy) is 2. The molecule has 0 aromatic carbocycles. The summed E-state index contributed by atoms with van der Waals surface area (Å²) in [5.41, 5.74) is 0. The van der Waals surface area contributed by atoms with Crippen LogP contribution in [-0.4, -0.2) is 12.7 Å². The summed E-state index contributed by atoms with van der Waals surface area (Å²) >= 11 is 0. The van der Waals surface area contributed by atoms with Crippen molar-refractivity contribution in [3.05, 3.63) is 35.8 Å². The molecule has 1 aliphatic carbocycles.